The van der Waals surface area contributed by atoms with Crippen LogP contribution in [0.3, 0.4) is 0 Å². The van der Waals surface area contributed by atoms with E-state index in [2.05, 4.69) is 54.2 Å². The minimum Gasteiger partial charge on any atom is -0.434 e. The maximum absolute atomic E-state index is 11.6. The van der Waals surface area contributed by atoms with E-state index in [0.29, 0.717) is 6.61 Å². The minimum absolute atomic E-state index is 0.208. The monoisotopic (exact) mass is 476 g/mol. The molecule has 6 heteroatoms. The predicted octanol–water partition coefficient (Wildman–Crippen LogP) is 6.25. The Bertz CT molecular complexity index is 688. The van der Waals surface area contributed by atoms with Crippen molar-refractivity contribution in [3.05, 3.63) is 35.9 Å². The van der Waals surface area contributed by atoms with Crippen LogP contribution in [-0.2, 0) is 20.8 Å². The largest absolute Gasteiger partial charge is 0.434 e. The highest BCUT2D eigenvalue weighted by Crippen LogP contribution is 2.51. The zero-order valence-electron chi connectivity index (χ0n) is 22.0. The van der Waals surface area contributed by atoms with E-state index in [0.717, 1.165) is 51.1 Å². The summed E-state index contributed by atoms with van der Waals surface area (Å²) in [6.07, 6.45) is 8.00. The Morgan fingerprint density at radius 2 is 1.79 bits per heavy atom. The average molecular weight is 477 g/mol. The molecule has 0 bridgehead atoms. The molecular formula is C27H47BNO3S. The van der Waals surface area contributed by atoms with Crippen molar-refractivity contribution >= 4 is 26.4 Å². The van der Waals surface area contributed by atoms with E-state index >= 15 is 0 Å². The Kier molecular flexibility index (Phi) is 12.2. The lowest BCUT2D eigenvalue weighted by Gasteiger charge is -2.38. The Labute approximate surface area is 209 Å². The molecule has 33 heavy (non-hydrogen) atoms. The molecule has 2 atom stereocenters. The fourth-order valence-electron chi connectivity index (χ4n) is 4.48. The number of rotatable bonds is 12. The molecule has 2 unspecified atom stereocenters. The number of methoxy groups -OCH3 is 1. The molecule has 1 aliphatic rings. The number of carbonyl (C=O) groups excluding carboxylic acids is 1. The van der Waals surface area contributed by atoms with Crippen LogP contribution in [0.25, 0.3) is 0 Å². The Balaban J connectivity index is 0.000000502. The molecule has 1 aromatic rings. The summed E-state index contributed by atoms with van der Waals surface area (Å²) in [6, 6.07) is 10.1. The van der Waals surface area contributed by atoms with Crippen molar-refractivity contribution in [3.8, 4) is 0 Å². The third-order valence-corrected chi connectivity index (χ3v) is 8.26. The maximum atomic E-state index is 11.6. The molecule has 2 rings (SSSR count). The summed E-state index contributed by atoms with van der Waals surface area (Å²) in [5, 5.41) is 0. The van der Waals surface area contributed by atoms with Gasteiger partial charge in [-0.15, -0.1) is 0 Å². The van der Waals surface area contributed by atoms with Crippen LogP contribution >= 0.6 is 12.6 Å². The van der Waals surface area contributed by atoms with Gasteiger partial charge < -0.3 is 19.9 Å². The van der Waals surface area contributed by atoms with Crippen molar-refractivity contribution in [3.63, 3.8) is 0 Å². The van der Waals surface area contributed by atoms with Gasteiger partial charge in [-0.25, -0.2) is 0 Å². The molecule has 1 aliphatic carbocycles. The molecule has 1 saturated carbocycles. The number of aldehydes is 1. The highest BCUT2D eigenvalue weighted by atomic mass is 32.1. The SMILES string of the molecule is CCC1(CC)CC(CCC[B]OC(C)(C)C(C)(C)S)C(N)(C=O)C1.COCc1ccccc1. The van der Waals surface area contributed by atoms with E-state index in [1.54, 1.807) is 7.11 Å². The van der Waals surface area contributed by atoms with Gasteiger partial charge in [0.25, 0.3) is 7.48 Å². The van der Waals surface area contributed by atoms with Gasteiger partial charge in [0.2, 0.25) is 0 Å². The molecule has 0 heterocycles. The minimum atomic E-state index is -0.640. The van der Waals surface area contributed by atoms with Crippen LogP contribution in [0.4, 0.5) is 0 Å². The van der Waals surface area contributed by atoms with Crippen LogP contribution in [0.1, 0.15) is 85.6 Å². The topological polar surface area (TPSA) is 61.5 Å². The standard InChI is InChI=1S/C19H37BNO2S.C8H10O/c1-7-18(8-2)12-15(19(21,13-18)14-22)10-9-11-20-23-16(3,4)17(5,6)24;1-9-7-8-5-3-2-4-6-8/h14-15,24H,7-13,21H2,1-6H3;2-6H,7H2,1H3. The van der Waals surface area contributed by atoms with E-state index < -0.39 is 5.54 Å². The van der Waals surface area contributed by atoms with Crippen LogP contribution in [0.15, 0.2) is 30.3 Å². The molecule has 1 radical (unpaired) electrons. The van der Waals surface area contributed by atoms with Gasteiger partial charge in [-0.3, -0.25) is 0 Å². The second-order valence-corrected chi connectivity index (χ2v) is 11.8. The van der Waals surface area contributed by atoms with E-state index in [1.165, 1.54) is 5.56 Å². The van der Waals surface area contributed by atoms with E-state index in [1.807, 2.05) is 37.8 Å². The predicted molar refractivity (Wildman–Crippen MR) is 144 cm³/mol. The fraction of sp³-hybridized carbons (Fsp3) is 0.741. The number of hydrogen-bond acceptors (Lipinski definition) is 5. The van der Waals surface area contributed by atoms with Crippen molar-refractivity contribution in [2.24, 2.45) is 17.1 Å². The lowest BCUT2D eigenvalue weighted by atomic mass is 9.79. The van der Waals surface area contributed by atoms with E-state index in [4.69, 9.17) is 15.1 Å². The van der Waals surface area contributed by atoms with Crippen LogP contribution < -0.4 is 5.73 Å². The quantitative estimate of drug-likeness (QED) is 0.162. The fourth-order valence-corrected chi connectivity index (χ4v) is 4.53. The van der Waals surface area contributed by atoms with E-state index in [9.17, 15) is 4.79 Å². The molecule has 0 saturated heterocycles. The zero-order chi connectivity index (χ0) is 25.2. The average Bonchev–Trinajstić information content (AvgIpc) is 3.07. The summed E-state index contributed by atoms with van der Waals surface area (Å²) in [5.74, 6) is 0.289. The number of carbonyl (C=O) groups is 1. The van der Waals surface area contributed by atoms with Gasteiger partial charge in [0, 0.05) is 11.9 Å². The highest BCUT2D eigenvalue weighted by Gasteiger charge is 2.50. The first-order valence-electron chi connectivity index (χ1n) is 12.4. The molecule has 0 aliphatic heterocycles. The van der Waals surface area contributed by atoms with Gasteiger partial charge in [0.15, 0.2) is 0 Å². The number of benzene rings is 1. The summed E-state index contributed by atoms with van der Waals surface area (Å²) in [4.78, 5) is 11.6. The van der Waals surface area contributed by atoms with Gasteiger partial charge in [0.1, 0.15) is 6.29 Å². The number of hydrogen-bond donors (Lipinski definition) is 2. The smallest absolute Gasteiger partial charge is 0.293 e. The van der Waals surface area contributed by atoms with E-state index in [-0.39, 0.29) is 21.7 Å². The van der Waals surface area contributed by atoms with Crippen LogP contribution in [0, 0.1) is 11.3 Å². The molecule has 0 aromatic heterocycles. The molecule has 1 fully saturated rings. The van der Waals surface area contributed by atoms with Gasteiger partial charge in [-0.2, -0.15) is 12.6 Å². The zero-order valence-corrected chi connectivity index (χ0v) is 22.9. The van der Waals surface area contributed by atoms with Gasteiger partial charge in [-0.1, -0.05) is 69.8 Å². The summed E-state index contributed by atoms with van der Waals surface area (Å²) in [7, 11) is 3.60. The second-order valence-electron chi connectivity index (χ2n) is 10.7. The molecule has 0 amide bonds. The third kappa shape index (κ3) is 9.05. The second kappa shape index (κ2) is 13.3. The lowest BCUT2D eigenvalue weighted by Crippen LogP contribution is -2.45. The first kappa shape index (κ1) is 30.2. The number of thiol groups is 1. The molecule has 1 aromatic carbocycles. The van der Waals surface area contributed by atoms with Crippen molar-refractivity contribution in [2.45, 2.75) is 109 Å². The van der Waals surface area contributed by atoms with Crippen LogP contribution in [-0.4, -0.2) is 36.8 Å². The first-order chi connectivity index (χ1) is 15.4. The van der Waals surface area contributed by atoms with Crippen LogP contribution in [0.2, 0.25) is 6.32 Å². The van der Waals surface area contributed by atoms with Crippen molar-refractivity contribution in [1.29, 1.82) is 0 Å². The summed E-state index contributed by atoms with van der Waals surface area (Å²) in [6.45, 7) is 13.4. The summed E-state index contributed by atoms with van der Waals surface area (Å²) >= 11 is 4.61. The Hall–Kier alpha value is -0.815. The summed E-state index contributed by atoms with van der Waals surface area (Å²) in [5.41, 5.74) is 6.97. The normalized spacial score (nSPS) is 22.4. The van der Waals surface area contributed by atoms with Gasteiger partial charge in [-0.05, 0) is 63.9 Å². The molecule has 0 spiro atoms. The molecule has 4 nitrogen and oxygen atoms in total. The third-order valence-electron chi connectivity index (χ3n) is 7.72. The maximum Gasteiger partial charge on any atom is 0.293 e. The summed E-state index contributed by atoms with van der Waals surface area (Å²) < 4.78 is 10.6. The highest BCUT2D eigenvalue weighted by molar-refractivity contribution is 7.81. The van der Waals surface area contributed by atoms with Crippen LogP contribution in [0.5, 0.6) is 0 Å². The molecule has 187 valence electrons. The number of nitrogens with two attached hydrogens (primary N) is 1. The Morgan fingerprint density at radius 3 is 2.27 bits per heavy atom. The van der Waals surface area contributed by atoms with Crippen molar-refractivity contribution in [2.75, 3.05) is 7.11 Å². The first-order valence-corrected chi connectivity index (χ1v) is 12.8. The number of ether oxygens (including phenoxy) is 1. The van der Waals surface area contributed by atoms with Crippen molar-refractivity contribution in [1.82, 2.24) is 0 Å². The molecule has 2 N–H and O–H groups in total. The lowest BCUT2D eigenvalue weighted by molar-refractivity contribution is -0.113. The van der Waals surface area contributed by atoms with Crippen molar-refractivity contribution < 1.29 is 14.2 Å². The molecular weight excluding hydrogens is 429 g/mol. The van der Waals surface area contributed by atoms with Gasteiger partial charge >= 0.3 is 0 Å². The Morgan fingerprint density at radius 1 is 1.18 bits per heavy atom. The van der Waals surface area contributed by atoms with Gasteiger partial charge in [0.05, 0.1) is 17.7 Å².